The molecular weight excluding hydrogens is 356 g/mol. The molecule has 0 N–H and O–H groups in total. The number of allylic oxidation sites excluding steroid dienone is 1. The Kier molecular flexibility index (Phi) is 6.94. The molecule has 1 aromatic carbocycles. The summed E-state index contributed by atoms with van der Waals surface area (Å²) in [5.41, 5.74) is 1.41. The molecule has 1 atom stereocenters. The predicted octanol–water partition coefficient (Wildman–Crippen LogP) is 2.94. The number of amides is 1. The van der Waals surface area contributed by atoms with E-state index in [1.165, 1.54) is 0 Å². The van der Waals surface area contributed by atoms with E-state index in [0.29, 0.717) is 25.4 Å². The van der Waals surface area contributed by atoms with Crippen molar-refractivity contribution in [3.63, 3.8) is 0 Å². The maximum atomic E-state index is 12.9. The van der Waals surface area contributed by atoms with Crippen molar-refractivity contribution in [1.82, 2.24) is 19.9 Å². The van der Waals surface area contributed by atoms with Crippen molar-refractivity contribution in [2.45, 2.75) is 45.2 Å². The Morgan fingerprint density at radius 3 is 2.86 bits per heavy atom. The first kappa shape index (κ1) is 19.8. The second-order valence-electron chi connectivity index (χ2n) is 6.80. The van der Waals surface area contributed by atoms with E-state index in [1.54, 1.807) is 22.7 Å². The monoisotopic (exact) mass is 382 g/mol. The minimum Gasteiger partial charge on any atom is -0.466 e. The second-order valence-corrected chi connectivity index (χ2v) is 6.80. The standard InChI is InChI=1S/C21H26N4O3/c1-2-28-20(26)15-18-12-6-7-14-25(18)21(27)19-16-24(23-22-19)13-8-11-17-9-4-3-5-10-17/h3-5,8-11,16,18H,2,6-7,12-15H2,1H3/b11-8+/t18-/m1/s1. The van der Waals surface area contributed by atoms with Crippen LogP contribution in [0.2, 0.25) is 0 Å². The first-order valence-electron chi connectivity index (χ1n) is 9.75. The van der Waals surface area contributed by atoms with Gasteiger partial charge in [0.2, 0.25) is 0 Å². The summed E-state index contributed by atoms with van der Waals surface area (Å²) in [5, 5.41) is 8.09. The Morgan fingerprint density at radius 1 is 1.25 bits per heavy atom. The molecule has 28 heavy (non-hydrogen) atoms. The third kappa shape index (κ3) is 5.28. The SMILES string of the molecule is CCOC(=O)C[C@H]1CCCCN1C(=O)c1cn(C/C=C/c2ccccc2)nn1. The summed E-state index contributed by atoms with van der Waals surface area (Å²) in [7, 11) is 0. The van der Waals surface area contributed by atoms with Crippen molar-refractivity contribution in [3.05, 3.63) is 53.9 Å². The molecule has 1 aliphatic rings. The first-order chi connectivity index (χ1) is 13.7. The van der Waals surface area contributed by atoms with Crippen LogP contribution in [-0.2, 0) is 16.1 Å². The highest BCUT2D eigenvalue weighted by Crippen LogP contribution is 2.22. The van der Waals surface area contributed by atoms with Crippen LogP contribution < -0.4 is 0 Å². The van der Waals surface area contributed by atoms with Crippen molar-refractivity contribution in [3.8, 4) is 0 Å². The quantitative estimate of drug-likeness (QED) is 0.688. The van der Waals surface area contributed by atoms with E-state index in [0.717, 1.165) is 24.8 Å². The summed E-state index contributed by atoms with van der Waals surface area (Å²) < 4.78 is 6.68. The Hall–Kier alpha value is -2.96. The molecule has 1 amide bonds. The molecule has 0 saturated carbocycles. The number of ether oxygens (including phenoxy) is 1. The van der Waals surface area contributed by atoms with E-state index in [9.17, 15) is 9.59 Å². The van der Waals surface area contributed by atoms with Crippen LogP contribution in [0.1, 0.15) is 48.7 Å². The van der Waals surface area contributed by atoms with Crippen LogP contribution in [0, 0.1) is 0 Å². The van der Waals surface area contributed by atoms with Crippen molar-refractivity contribution in [2.75, 3.05) is 13.2 Å². The average molecular weight is 382 g/mol. The van der Waals surface area contributed by atoms with Crippen LogP contribution in [0.3, 0.4) is 0 Å². The van der Waals surface area contributed by atoms with Gasteiger partial charge in [-0.1, -0.05) is 47.7 Å². The zero-order chi connectivity index (χ0) is 19.8. The number of carbonyl (C=O) groups is 2. The molecule has 7 heteroatoms. The second kappa shape index (κ2) is 9.82. The first-order valence-corrected chi connectivity index (χ1v) is 9.75. The van der Waals surface area contributed by atoms with Crippen LogP contribution in [0.4, 0.5) is 0 Å². The molecule has 1 aliphatic heterocycles. The van der Waals surface area contributed by atoms with Gasteiger partial charge in [0.05, 0.1) is 25.8 Å². The average Bonchev–Trinajstić information content (AvgIpc) is 3.18. The number of hydrogen-bond acceptors (Lipinski definition) is 5. The Labute approximate surface area is 165 Å². The lowest BCUT2D eigenvalue weighted by Crippen LogP contribution is -2.45. The molecule has 1 fully saturated rings. The van der Waals surface area contributed by atoms with Gasteiger partial charge in [0.1, 0.15) is 0 Å². The van der Waals surface area contributed by atoms with Gasteiger partial charge in [0.25, 0.3) is 5.91 Å². The maximum Gasteiger partial charge on any atom is 0.307 e. The molecule has 0 bridgehead atoms. The molecule has 0 aliphatic carbocycles. The number of benzene rings is 1. The highest BCUT2D eigenvalue weighted by Gasteiger charge is 2.30. The maximum absolute atomic E-state index is 12.9. The van der Waals surface area contributed by atoms with E-state index in [-0.39, 0.29) is 24.3 Å². The number of nitrogens with zero attached hydrogens (tertiary/aromatic N) is 4. The van der Waals surface area contributed by atoms with E-state index < -0.39 is 0 Å². The molecule has 0 radical (unpaired) electrons. The summed E-state index contributed by atoms with van der Waals surface area (Å²) in [6.45, 7) is 3.29. The molecule has 2 aromatic rings. The Bertz CT molecular complexity index is 816. The third-order valence-corrected chi connectivity index (χ3v) is 4.76. The molecule has 0 unspecified atom stereocenters. The van der Waals surface area contributed by atoms with Crippen molar-refractivity contribution in [1.29, 1.82) is 0 Å². The van der Waals surface area contributed by atoms with Crippen molar-refractivity contribution < 1.29 is 14.3 Å². The zero-order valence-corrected chi connectivity index (χ0v) is 16.2. The summed E-state index contributed by atoms with van der Waals surface area (Å²) in [4.78, 5) is 26.5. The molecular formula is C21H26N4O3. The Morgan fingerprint density at radius 2 is 2.07 bits per heavy atom. The van der Waals surface area contributed by atoms with Gasteiger partial charge >= 0.3 is 5.97 Å². The Balaban J connectivity index is 1.61. The molecule has 7 nitrogen and oxygen atoms in total. The number of piperidine rings is 1. The van der Waals surface area contributed by atoms with Gasteiger partial charge in [-0.05, 0) is 31.7 Å². The number of esters is 1. The molecule has 3 rings (SSSR count). The zero-order valence-electron chi connectivity index (χ0n) is 16.2. The third-order valence-electron chi connectivity index (χ3n) is 4.76. The number of carbonyl (C=O) groups excluding carboxylic acids is 2. The van der Waals surface area contributed by atoms with Crippen LogP contribution >= 0.6 is 0 Å². The topological polar surface area (TPSA) is 77.3 Å². The van der Waals surface area contributed by atoms with Crippen molar-refractivity contribution >= 4 is 18.0 Å². The summed E-state index contributed by atoms with van der Waals surface area (Å²) >= 11 is 0. The van der Waals surface area contributed by atoms with Crippen molar-refractivity contribution in [2.24, 2.45) is 0 Å². The van der Waals surface area contributed by atoms with Gasteiger partial charge in [0, 0.05) is 12.6 Å². The summed E-state index contributed by atoms with van der Waals surface area (Å²) in [6.07, 6.45) is 8.61. The van der Waals surface area contributed by atoms with Gasteiger partial charge in [-0.15, -0.1) is 5.10 Å². The van der Waals surface area contributed by atoms with Crippen LogP contribution in [0.25, 0.3) is 6.08 Å². The molecule has 1 saturated heterocycles. The minimum atomic E-state index is -0.262. The molecule has 148 valence electrons. The number of aromatic nitrogens is 3. The van der Waals surface area contributed by atoms with Crippen LogP contribution in [-0.4, -0.2) is 51.0 Å². The van der Waals surface area contributed by atoms with E-state index in [1.807, 2.05) is 42.5 Å². The number of likely N-dealkylation sites (tertiary alicyclic amines) is 1. The van der Waals surface area contributed by atoms with E-state index in [2.05, 4.69) is 10.3 Å². The fourth-order valence-corrected chi connectivity index (χ4v) is 3.39. The fraction of sp³-hybridized carbons (Fsp3) is 0.429. The normalized spacial score (nSPS) is 17.0. The van der Waals surface area contributed by atoms with E-state index >= 15 is 0 Å². The largest absolute Gasteiger partial charge is 0.466 e. The number of hydrogen-bond donors (Lipinski definition) is 0. The van der Waals surface area contributed by atoms with Crippen LogP contribution in [0.15, 0.2) is 42.6 Å². The lowest BCUT2D eigenvalue weighted by atomic mass is 9.99. The van der Waals surface area contributed by atoms with Gasteiger partial charge < -0.3 is 9.64 Å². The van der Waals surface area contributed by atoms with Crippen LogP contribution in [0.5, 0.6) is 0 Å². The fourth-order valence-electron chi connectivity index (χ4n) is 3.39. The highest BCUT2D eigenvalue weighted by atomic mass is 16.5. The smallest absolute Gasteiger partial charge is 0.307 e. The van der Waals surface area contributed by atoms with Gasteiger partial charge in [-0.3, -0.25) is 9.59 Å². The predicted molar refractivity (Wildman–Crippen MR) is 105 cm³/mol. The molecule has 2 heterocycles. The summed E-state index contributed by atoms with van der Waals surface area (Å²) in [6, 6.07) is 9.85. The van der Waals surface area contributed by atoms with Gasteiger partial charge in [0.15, 0.2) is 5.69 Å². The van der Waals surface area contributed by atoms with E-state index in [4.69, 9.17) is 4.74 Å². The number of rotatable bonds is 7. The van der Waals surface area contributed by atoms with Gasteiger partial charge in [-0.25, -0.2) is 4.68 Å². The molecule has 1 aromatic heterocycles. The lowest BCUT2D eigenvalue weighted by molar-refractivity contribution is -0.144. The minimum absolute atomic E-state index is 0.136. The lowest BCUT2D eigenvalue weighted by Gasteiger charge is -2.34. The molecule has 0 spiro atoms. The summed E-state index contributed by atoms with van der Waals surface area (Å²) in [5.74, 6) is -0.436. The highest BCUT2D eigenvalue weighted by molar-refractivity contribution is 5.92. The van der Waals surface area contributed by atoms with Gasteiger partial charge in [-0.2, -0.15) is 0 Å².